The van der Waals surface area contributed by atoms with Crippen LogP contribution in [0.15, 0.2) is 30.3 Å². The summed E-state index contributed by atoms with van der Waals surface area (Å²) in [5.74, 6) is -1.41. The van der Waals surface area contributed by atoms with Crippen LogP contribution in [0.5, 0.6) is 0 Å². The quantitative estimate of drug-likeness (QED) is 0.781. The van der Waals surface area contributed by atoms with Gasteiger partial charge in [0, 0.05) is 6.92 Å². The van der Waals surface area contributed by atoms with Crippen LogP contribution in [0.1, 0.15) is 53.3 Å². The molecule has 1 aliphatic rings. The number of carbonyl (C=O) groups excluding carboxylic acids is 1. The van der Waals surface area contributed by atoms with E-state index in [0.29, 0.717) is 5.56 Å². The molecular formula is C18H27FO4. The molecule has 4 nitrogen and oxygen atoms in total. The molecule has 5 heteroatoms. The molecule has 1 heterocycles. The zero-order valence-corrected chi connectivity index (χ0v) is 14.7. The second-order valence-corrected chi connectivity index (χ2v) is 5.69. The minimum atomic E-state index is -1.40. The molecule has 130 valence electrons. The third-order valence-electron chi connectivity index (χ3n) is 3.38. The Morgan fingerprint density at radius 3 is 2.30 bits per heavy atom. The van der Waals surface area contributed by atoms with Crippen LogP contribution in [0, 0.1) is 0 Å². The standard InChI is InChI=1S/C16H21FO4.C2H6/c1-10-14(19-11(2)18)15(21-16(3,4)20-10)13(17)12-8-6-5-7-9-12;1-2/h5-10,13-15H,1-4H3;1-2H3/t10-,13+,14+,15-;/m0./s1. The molecule has 0 unspecified atom stereocenters. The van der Waals surface area contributed by atoms with Crippen molar-refractivity contribution in [1.29, 1.82) is 0 Å². The SMILES string of the molecule is CC.CC(=O)O[C@H]1[C@H]([C@H](F)c2ccccc2)OC(C)(C)O[C@H]1C. The average molecular weight is 326 g/mol. The largest absolute Gasteiger partial charge is 0.457 e. The van der Waals surface area contributed by atoms with Gasteiger partial charge in [0.05, 0.1) is 6.10 Å². The van der Waals surface area contributed by atoms with E-state index in [1.165, 1.54) is 6.92 Å². The maximum atomic E-state index is 14.9. The van der Waals surface area contributed by atoms with Gasteiger partial charge in [0.15, 0.2) is 18.1 Å². The molecule has 4 atom stereocenters. The van der Waals surface area contributed by atoms with Gasteiger partial charge in [0.1, 0.15) is 6.10 Å². The van der Waals surface area contributed by atoms with E-state index in [2.05, 4.69) is 0 Å². The first-order chi connectivity index (χ1) is 10.8. The van der Waals surface area contributed by atoms with Gasteiger partial charge >= 0.3 is 5.97 Å². The van der Waals surface area contributed by atoms with Gasteiger partial charge in [-0.25, -0.2) is 4.39 Å². The fourth-order valence-electron chi connectivity index (χ4n) is 2.61. The summed E-state index contributed by atoms with van der Waals surface area (Å²) >= 11 is 0. The van der Waals surface area contributed by atoms with Crippen molar-refractivity contribution < 1.29 is 23.4 Å². The Morgan fingerprint density at radius 1 is 1.22 bits per heavy atom. The van der Waals surface area contributed by atoms with E-state index in [-0.39, 0.29) is 0 Å². The van der Waals surface area contributed by atoms with E-state index in [0.717, 1.165) is 0 Å². The Kier molecular flexibility index (Phi) is 7.16. The first-order valence-corrected chi connectivity index (χ1v) is 8.02. The zero-order valence-electron chi connectivity index (χ0n) is 14.7. The van der Waals surface area contributed by atoms with Crippen molar-refractivity contribution in [1.82, 2.24) is 0 Å². The van der Waals surface area contributed by atoms with Crippen LogP contribution in [0.3, 0.4) is 0 Å². The summed E-state index contributed by atoms with van der Waals surface area (Å²) in [4.78, 5) is 11.3. The summed E-state index contributed by atoms with van der Waals surface area (Å²) in [6.07, 6.45) is -3.55. The lowest BCUT2D eigenvalue weighted by Crippen LogP contribution is -2.56. The van der Waals surface area contributed by atoms with Gasteiger partial charge in [-0.05, 0) is 26.3 Å². The van der Waals surface area contributed by atoms with Gasteiger partial charge in [0.2, 0.25) is 0 Å². The second-order valence-electron chi connectivity index (χ2n) is 5.69. The maximum absolute atomic E-state index is 14.9. The fraction of sp³-hybridized carbons (Fsp3) is 0.611. The molecule has 0 N–H and O–H groups in total. The molecule has 1 aromatic rings. The first-order valence-electron chi connectivity index (χ1n) is 8.02. The Balaban J connectivity index is 0.00000127. The minimum Gasteiger partial charge on any atom is -0.457 e. The van der Waals surface area contributed by atoms with Crippen LogP contribution in [-0.2, 0) is 19.0 Å². The second kappa shape index (κ2) is 8.41. The van der Waals surface area contributed by atoms with Crippen LogP contribution in [0.2, 0.25) is 0 Å². The summed E-state index contributed by atoms with van der Waals surface area (Å²) in [7, 11) is 0. The van der Waals surface area contributed by atoms with E-state index >= 15 is 0 Å². The van der Waals surface area contributed by atoms with E-state index in [9.17, 15) is 9.18 Å². The summed E-state index contributed by atoms with van der Waals surface area (Å²) in [6.45, 7) is 10.5. The molecule has 0 aliphatic carbocycles. The van der Waals surface area contributed by atoms with Gasteiger partial charge < -0.3 is 14.2 Å². The van der Waals surface area contributed by atoms with E-state index in [1.807, 2.05) is 19.9 Å². The fourth-order valence-corrected chi connectivity index (χ4v) is 2.61. The number of ether oxygens (including phenoxy) is 3. The number of hydrogen-bond donors (Lipinski definition) is 0. The van der Waals surface area contributed by atoms with Gasteiger partial charge in [-0.2, -0.15) is 0 Å². The van der Waals surface area contributed by atoms with E-state index in [4.69, 9.17) is 14.2 Å². The van der Waals surface area contributed by atoms with Crippen molar-refractivity contribution in [3.63, 3.8) is 0 Å². The first kappa shape index (κ1) is 19.6. The number of halogens is 1. The molecule has 0 amide bonds. The Hall–Kier alpha value is -1.46. The van der Waals surface area contributed by atoms with Crippen molar-refractivity contribution in [3.8, 4) is 0 Å². The monoisotopic (exact) mass is 326 g/mol. The number of benzene rings is 1. The Morgan fingerprint density at radius 2 is 1.78 bits per heavy atom. The molecule has 0 aromatic heterocycles. The molecule has 1 saturated heterocycles. The highest BCUT2D eigenvalue weighted by molar-refractivity contribution is 5.66. The normalized spacial score (nSPS) is 27.3. The molecule has 0 saturated carbocycles. The lowest BCUT2D eigenvalue weighted by atomic mass is 9.96. The summed E-state index contributed by atoms with van der Waals surface area (Å²) in [5.41, 5.74) is 0.490. The highest BCUT2D eigenvalue weighted by Crippen LogP contribution is 2.37. The Labute approximate surface area is 137 Å². The van der Waals surface area contributed by atoms with Crippen LogP contribution >= 0.6 is 0 Å². The van der Waals surface area contributed by atoms with Crippen molar-refractivity contribution in [3.05, 3.63) is 35.9 Å². The molecule has 1 fully saturated rings. The van der Waals surface area contributed by atoms with Gasteiger partial charge in [-0.3, -0.25) is 4.79 Å². The van der Waals surface area contributed by atoms with Crippen LogP contribution in [0.25, 0.3) is 0 Å². The van der Waals surface area contributed by atoms with Crippen molar-refractivity contribution >= 4 is 5.97 Å². The lowest BCUT2D eigenvalue weighted by molar-refractivity contribution is -0.339. The summed E-state index contributed by atoms with van der Waals surface area (Å²) < 4.78 is 31.4. The number of esters is 1. The predicted octanol–water partition coefficient (Wildman–Crippen LogP) is 4.20. The zero-order chi connectivity index (χ0) is 17.6. The number of alkyl halides is 1. The lowest BCUT2D eigenvalue weighted by Gasteiger charge is -2.45. The van der Waals surface area contributed by atoms with E-state index in [1.54, 1.807) is 45.0 Å². The van der Waals surface area contributed by atoms with Gasteiger partial charge in [-0.1, -0.05) is 44.2 Å². The highest BCUT2D eigenvalue weighted by atomic mass is 19.1. The summed E-state index contributed by atoms with van der Waals surface area (Å²) in [6, 6.07) is 8.71. The van der Waals surface area contributed by atoms with Crippen molar-refractivity contribution in [2.45, 2.75) is 71.8 Å². The molecular weight excluding hydrogens is 299 g/mol. The minimum absolute atomic E-state index is 0.454. The maximum Gasteiger partial charge on any atom is 0.303 e. The topological polar surface area (TPSA) is 44.8 Å². The predicted molar refractivity (Wildman–Crippen MR) is 86.7 cm³/mol. The number of carbonyl (C=O) groups is 1. The molecule has 1 aromatic carbocycles. The van der Waals surface area contributed by atoms with Gasteiger partial charge in [-0.15, -0.1) is 0 Å². The highest BCUT2D eigenvalue weighted by Gasteiger charge is 2.47. The summed E-state index contributed by atoms with van der Waals surface area (Å²) in [5, 5.41) is 0. The average Bonchev–Trinajstić information content (AvgIpc) is 2.51. The van der Waals surface area contributed by atoms with Crippen LogP contribution in [-0.4, -0.2) is 30.1 Å². The van der Waals surface area contributed by atoms with Crippen LogP contribution < -0.4 is 0 Å². The Bertz CT molecular complexity index is 489. The molecule has 1 aliphatic heterocycles. The van der Waals surface area contributed by atoms with Crippen molar-refractivity contribution in [2.75, 3.05) is 0 Å². The molecule has 0 spiro atoms. The third kappa shape index (κ3) is 5.29. The van der Waals surface area contributed by atoms with Gasteiger partial charge in [0.25, 0.3) is 0 Å². The smallest absolute Gasteiger partial charge is 0.303 e. The molecule has 2 rings (SSSR count). The molecule has 0 radical (unpaired) electrons. The molecule has 0 bridgehead atoms. The van der Waals surface area contributed by atoms with Crippen LogP contribution in [0.4, 0.5) is 4.39 Å². The number of hydrogen-bond acceptors (Lipinski definition) is 4. The van der Waals surface area contributed by atoms with E-state index < -0.39 is 36.2 Å². The van der Waals surface area contributed by atoms with Crippen molar-refractivity contribution in [2.24, 2.45) is 0 Å². The third-order valence-corrected chi connectivity index (χ3v) is 3.38. The number of rotatable bonds is 3. The molecule has 23 heavy (non-hydrogen) atoms.